The lowest BCUT2D eigenvalue weighted by atomic mass is 10.0. The van der Waals surface area contributed by atoms with Crippen LogP contribution >= 0.6 is 11.3 Å². The number of carbonyl (C=O) groups is 1. The molecule has 0 saturated heterocycles. The van der Waals surface area contributed by atoms with Crippen LogP contribution < -0.4 is 5.32 Å². The quantitative estimate of drug-likeness (QED) is 0.224. The number of nitrogens with zero attached hydrogens (tertiary/aromatic N) is 3. The van der Waals surface area contributed by atoms with Gasteiger partial charge in [0.25, 0.3) is 0 Å². The number of halogens is 1. The third-order valence-corrected chi connectivity index (χ3v) is 7.04. The smallest absolute Gasteiger partial charge is 0.224 e. The number of nitrogens with one attached hydrogen (secondary N) is 3. The van der Waals surface area contributed by atoms with Crippen molar-refractivity contribution < 1.29 is 9.18 Å². The van der Waals surface area contributed by atoms with E-state index in [2.05, 4.69) is 36.5 Å². The number of carbonyl (C=O) groups excluding carboxylic acids is 1. The molecule has 0 radical (unpaired) electrons. The number of amides is 1. The number of benzene rings is 1. The number of aromatic nitrogens is 5. The van der Waals surface area contributed by atoms with Crippen LogP contribution in [0.5, 0.6) is 0 Å². The normalized spacial score (nSPS) is 11.6. The van der Waals surface area contributed by atoms with E-state index in [1.165, 1.54) is 6.07 Å². The summed E-state index contributed by atoms with van der Waals surface area (Å²) in [6, 6.07) is 15.1. The summed E-state index contributed by atoms with van der Waals surface area (Å²) in [6.07, 6.45) is 5.60. The largest absolute Gasteiger partial charge is 0.338 e. The van der Waals surface area contributed by atoms with Crippen molar-refractivity contribution in [3.05, 3.63) is 72.3 Å². The Morgan fingerprint density at radius 1 is 1.05 bits per heavy atom. The molecule has 184 valence electrons. The second-order valence-electron chi connectivity index (χ2n) is 9.35. The minimum absolute atomic E-state index is 0.0291. The number of hydrogen-bond donors (Lipinski definition) is 3. The first-order valence-electron chi connectivity index (χ1n) is 11.9. The van der Waals surface area contributed by atoms with Gasteiger partial charge in [-0.1, -0.05) is 19.9 Å². The molecule has 6 aromatic rings. The number of pyridine rings is 2. The van der Waals surface area contributed by atoms with Gasteiger partial charge in [-0.15, -0.1) is 11.3 Å². The van der Waals surface area contributed by atoms with E-state index in [1.807, 2.05) is 44.2 Å². The molecule has 0 saturated carbocycles. The van der Waals surface area contributed by atoms with E-state index in [-0.39, 0.29) is 17.0 Å². The Morgan fingerprint density at radius 3 is 2.76 bits per heavy atom. The van der Waals surface area contributed by atoms with E-state index >= 15 is 0 Å². The van der Waals surface area contributed by atoms with E-state index in [4.69, 9.17) is 0 Å². The summed E-state index contributed by atoms with van der Waals surface area (Å²) in [5, 5.41) is 12.2. The molecule has 3 N–H and O–H groups in total. The van der Waals surface area contributed by atoms with Gasteiger partial charge in [-0.2, -0.15) is 9.49 Å². The molecule has 0 atom stereocenters. The second kappa shape index (κ2) is 9.25. The molecule has 0 spiro atoms. The summed E-state index contributed by atoms with van der Waals surface area (Å²) in [5.41, 5.74) is 6.58. The number of aromatic amines is 2. The molecule has 0 unspecified atom stereocenters. The van der Waals surface area contributed by atoms with Crippen LogP contribution in [0, 0.1) is 11.0 Å². The molecule has 5 aromatic heterocycles. The summed E-state index contributed by atoms with van der Waals surface area (Å²) < 4.78 is 13.7. The molecule has 0 aliphatic heterocycles. The molecular formula is C28H23FN6OS. The molecule has 37 heavy (non-hydrogen) atoms. The first-order chi connectivity index (χ1) is 17.9. The first kappa shape index (κ1) is 23.1. The lowest BCUT2D eigenvalue weighted by Crippen LogP contribution is -2.13. The molecule has 0 fully saturated rings. The van der Waals surface area contributed by atoms with Crippen molar-refractivity contribution >= 4 is 44.9 Å². The maximum atomic E-state index is 13.7. The fraction of sp³-hybridized carbons (Fsp3) is 0.143. The Bertz CT molecular complexity index is 1770. The molecule has 9 heteroatoms. The van der Waals surface area contributed by atoms with E-state index < -0.39 is 0 Å². The van der Waals surface area contributed by atoms with E-state index in [9.17, 15) is 9.18 Å². The van der Waals surface area contributed by atoms with Gasteiger partial charge < -0.3 is 10.3 Å². The third kappa shape index (κ3) is 4.49. The van der Waals surface area contributed by atoms with Crippen molar-refractivity contribution in [3.63, 3.8) is 0 Å². The van der Waals surface area contributed by atoms with Crippen LogP contribution in [-0.2, 0) is 4.79 Å². The lowest BCUT2D eigenvalue weighted by Gasteiger charge is -2.09. The molecule has 1 amide bonds. The molecule has 0 bridgehead atoms. The number of H-pyrrole nitrogens is 2. The molecule has 5 heterocycles. The zero-order valence-corrected chi connectivity index (χ0v) is 21.0. The minimum atomic E-state index is -0.223. The van der Waals surface area contributed by atoms with Crippen molar-refractivity contribution in [1.29, 1.82) is 0 Å². The van der Waals surface area contributed by atoms with E-state index in [1.54, 1.807) is 24.7 Å². The summed E-state index contributed by atoms with van der Waals surface area (Å²) in [6.45, 7) is 4.02. The maximum Gasteiger partial charge on any atom is 0.224 e. The first-order valence-corrected chi connectivity index (χ1v) is 12.7. The van der Waals surface area contributed by atoms with Crippen molar-refractivity contribution in [1.82, 2.24) is 25.1 Å². The minimum Gasteiger partial charge on any atom is -0.338 e. The number of hydrogen-bond acceptors (Lipinski definition) is 5. The molecule has 7 nitrogen and oxygen atoms in total. The summed E-state index contributed by atoms with van der Waals surface area (Å²) in [4.78, 5) is 25.2. The summed E-state index contributed by atoms with van der Waals surface area (Å²) in [7, 11) is 0. The van der Waals surface area contributed by atoms with Gasteiger partial charge in [-0.25, -0.2) is 4.98 Å². The molecule has 1 aromatic carbocycles. The Balaban J connectivity index is 1.38. The third-order valence-electron chi connectivity index (χ3n) is 6.14. The zero-order chi connectivity index (χ0) is 25.5. The van der Waals surface area contributed by atoms with Crippen LogP contribution in [-0.4, -0.2) is 31.1 Å². The standard InChI is InChI=1S/C28H23FN6OS/c1-15(2)9-26(36)32-18-10-17(13-30-14-18)16-3-4-22-21(11-16)27(35-34-22)23-12-20-19(7-8-31-28(20)33-23)24-5-6-25(29)37-24/h3-8,10-15H,9H2,1-2H3,(H,31,33)(H,32,36)(H,34,35). The average molecular weight is 511 g/mol. The topological polar surface area (TPSA) is 99.3 Å². The highest BCUT2D eigenvalue weighted by Crippen LogP contribution is 2.36. The van der Waals surface area contributed by atoms with Crippen molar-refractivity contribution in [3.8, 4) is 33.0 Å². The summed E-state index contributed by atoms with van der Waals surface area (Å²) >= 11 is 1.11. The molecule has 6 rings (SSSR count). The Kier molecular flexibility index (Phi) is 5.77. The van der Waals surface area contributed by atoms with Crippen LogP contribution in [0.25, 0.3) is 54.9 Å². The van der Waals surface area contributed by atoms with Crippen LogP contribution in [0.3, 0.4) is 0 Å². The van der Waals surface area contributed by atoms with Gasteiger partial charge in [0.15, 0.2) is 5.13 Å². The van der Waals surface area contributed by atoms with Crippen LogP contribution in [0.2, 0.25) is 0 Å². The van der Waals surface area contributed by atoms with Gasteiger partial charge in [0, 0.05) is 45.6 Å². The lowest BCUT2D eigenvalue weighted by molar-refractivity contribution is -0.116. The number of fused-ring (bicyclic) bond motifs is 2. The van der Waals surface area contributed by atoms with Crippen LogP contribution in [0.1, 0.15) is 20.3 Å². The maximum absolute atomic E-state index is 13.7. The van der Waals surface area contributed by atoms with Crippen molar-refractivity contribution in [2.24, 2.45) is 5.92 Å². The van der Waals surface area contributed by atoms with E-state index in [0.717, 1.165) is 60.6 Å². The Hall–Kier alpha value is -4.37. The Morgan fingerprint density at radius 2 is 1.95 bits per heavy atom. The number of anilines is 1. The highest BCUT2D eigenvalue weighted by atomic mass is 32.1. The fourth-order valence-corrected chi connectivity index (χ4v) is 5.25. The van der Waals surface area contributed by atoms with Gasteiger partial charge in [-0.05, 0) is 53.9 Å². The van der Waals surface area contributed by atoms with Crippen LogP contribution in [0.4, 0.5) is 10.1 Å². The summed E-state index contributed by atoms with van der Waals surface area (Å²) in [5.74, 6) is 0.249. The molecule has 0 aliphatic rings. The zero-order valence-electron chi connectivity index (χ0n) is 20.2. The fourth-order valence-electron chi connectivity index (χ4n) is 4.48. The second-order valence-corrected chi connectivity index (χ2v) is 10.4. The predicted octanol–water partition coefficient (Wildman–Crippen LogP) is 7.02. The monoisotopic (exact) mass is 510 g/mol. The van der Waals surface area contributed by atoms with Crippen molar-refractivity contribution in [2.75, 3.05) is 5.32 Å². The Labute approximate surface area is 215 Å². The number of rotatable bonds is 6. The van der Waals surface area contributed by atoms with Gasteiger partial charge in [0.1, 0.15) is 11.3 Å². The van der Waals surface area contributed by atoms with E-state index in [0.29, 0.717) is 17.8 Å². The molecular weight excluding hydrogens is 487 g/mol. The van der Waals surface area contributed by atoms with Crippen molar-refractivity contribution in [2.45, 2.75) is 20.3 Å². The number of thiophene rings is 1. The highest BCUT2D eigenvalue weighted by Gasteiger charge is 2.16. The SMILES string of the molecule is CC(C)CC(=O)Nc1cncc(-c2ccc3[nH]nc(-c4cc5c(-c6ccc(F)s6)ccnc5[nH]4)c3c2)c1. The average Bonchev–Trinajstić information content (AvgIpc) is 3.60. The van der Waals surface area contributed by atoms with Gasteiger partial charge in [0.05, 0.1) is 23.1 Å². The predicted molar refractivity (Wildman–Crippen MR) is 146 cm³/mol. The van der Waals surface area contributed by atoms with Gasteiger partial charge >= 0.3 is 0 Å². The van der Waals surface area contributed by atoms with Gasteiger partial charge in [0.2, 0.25) is 5.91 Å². The highest BCUT2D eigenvalue weighted by molar-refractivity contribution is 7.14. The van der Waals surface area contributed by atoms with Crippen LogP contribution in [0.15, 0.2) is 67.1 Å². The van der Waals surface area contributed by atoms with Gasteiger partial charge in [-0.3, -0.25) is 14.9 Å². The molecule has 0 aliphatic carbocycles.